The minimum atomic E-state index is 0.140. The Morgan fingerprint density at radius 2 is 1.59 bits per heavy atom. The first-order chi connectivity index (χ1) is 16.6. The van der Waals surface area contributed by atoms with Crippen LogP contribution in [-0.4, -0.2) is 41.4 Å². The normalized spacial score (nSPS) is 14.4. The molecule has 0 bridgehead atoms. The molecule has 0 spiro atoms. The van der Waals surface area contributed by atoms with Crippen LogP contribution in [-0.2, 0) is 0 Å². The first-order valence-electron chi connectivity index (χ1n) is 11.8. The van der Waals surface area contributed by atoms with Gasteiger partial charge in [-0.3, -0.25) is 4.90 Å². The third-order valence-corrected chi connectivity index (χ3v) is 6.43. The summed E-state index contributed by atoms with van der Waals surface area (Å²) in [4.78, 5) is 2.46. The molecule has 3 aromatic carbocycles. The molecule has 0 saturated carbocycles. The van der Waals surface area contributed by atoms with Crippen molar-refractivity contribution in [3.63, 3.8) is 0 Å². The van der Waals surface area contributed by atoms with Gasteiger partial charge in [0.05, 0.1) is 0 Å². The second-order valence-electron chi connectivity index (χ2n) is 8.79. The number of rotatable bonds is 7. The quantitative estimate of drug-likeness (QED) is 0.336. The van der Waals surface area contributed by atoms with Crippen molar-refractivity contribution in [2.75, 3.05) is 26.2 Å². The molecule has 5 rings (SSSR count). The molecule has 1 aliphatic heterocycles. The van der Waals surface area contributed by atoms with Crippen molar-refractivity contribution in [3.05, 3.63) is 84.4 Å². The highest BCUT2D eigenvalue weighted by atomic mass is 16.5. The van der Waals surface area contributed by atoms with Crippen LogP contribution in [0.4, 0.5) is 0 Å². The number of furan rings is 1. The van der Waals surface area contributed by atoms with Crippen molar-refractivity contribution in [2.45, 2.75) is 19.3 Å². The molecule has 5 heteroatoms. The van der Waals surface area contributed by atoms with Crippen LogP contribution in [0, 0.1) is 0 Å². The molecule has 0 radical (unpaired) electrons. The highest BCUT2D eigenvalue weighted by Crippen LogP contribution is 2.41. The van der Waals surface area contributed by atoms with E-state index in [1.165, 1.54) is 32.4 Å². The summed E-state index contributed by atoms with van der Waals surface area (Å²) in [5.74, 6) is 1.82. The van der Waals surface area contributed by atoms with E-state index in [4.69, 9.17) is 9.15 Å². The van der Waals surface area contributed by atoms with Crippen LogP contribution in [0.5, 0.6) is 17.2 Å². The molecule has 174 valence electrons. The van der Waals surface area contributed by atoms with Gasteiger partial charge < -0.3 is 19.4 Å². The van der Waals surface area contributed by atoms with E-state index in [1.807, 2.05) is 42.5 Å². The van der Waals surface area contributed by atoms with Crippen molar-refractivity contribution >= 4 is 16.5 Å². The molecule has 0 atom stereocenters. The minimum Gasteiger partial charge on any atom is -0.508 e. The summed E-state index contributed by atoms with van der Waals surface area (Å²) >= 11 is 0. The zero-order valence-corrected chi connectivity index (χ0v) is 19.2. The molecule has 34 heavy (non-hydrogen) atoms. The predicted molar refractivity (Wildman–Crippen MR) is 135 cm³/mol. The van der Waals surface area contributed by atoms with Gasteiger partial charge >= 0.3 is 0 Å². The third kappa shape index (κ3) is 4.66. The number of nitrogens with zero attached hydrogens (tertiary/aromatic N) is 1. The average Bonchev–Trinajstić information content (AvgIpc) is 3.23. The van der Waals surface area contributed by atoms with Crippen LogP contribution in [0.1, 0.15) is 30.4 Å². The molecule has 0 amide bonds. The highest BCUT2D eigenvalue weighted by molar-refractivity contribution is 6.01. The zero-order valence-electron chi connectivity index (χ0n) is 19.2. The number of hydrogen-bond donors (Lipinski definition) is 2. The van der Waals surface area contributed by atoms with Crippen molar-refractivity contribution in [1.29, 1.82) is 0 Å². The Kier molecular flexibility index (Phi) is 6.28. The summed E-state index contributed by atoms with van der Waals surface area (Å²) in [6.45, 7) is 8.35. The summed E-state index contributed by atoms with van der Waals surface area (Å²) in [6, 6.07) is 19.9. The van der Waals surface area contributed by atoms with Gasteiger partial charge in [-0.15, -0.1) is 0 Å². The second-order valence-corrected chi connectivity index (χ2v) is 8.79. The fraction of sp³-hybridized carbons (Fsp3) is 0.241. The van der Waals surface area contributed by atoms with Gasteiger partial charge in [-0.25, -0.2) is 0 Å². The molecule has 1 aromatic heterocycles. The molecule has 1 aliphatic rings. The minimum absolute atomic E-state index is 0.140. The van der Waals surface area contributed by atoms with E-state index in [0.29, 0.717) is 18.0 Å². The first-order valence-corrected chi connectivity index (χ1v) is 11.8. The van der Waals surface area contributed by atoms with E-state index < -0.39 is 0 Å². The number of aromatic hydroxyl groups is 2. The lowest BCUT2D eigenvalue weighted by atomic mass is 9.94. The molecule has 5 nitrogen and oxygen atoms in total. The number of ether oxygens (including phenoxy) is 1. The van der Waals surface area contributed by atoms with E-state index in [-0.39, 0.29) is 11.5 Å². The van der Waals surface area contributed by atoms with Crippen LogP contribution >= 0.6 is 0 Å². The Labute approximate surface area is 199 Å². The van der Waals surface area contributed by atoms with Crippen molar-refractivity contribution in [2.24, 2.45) is 0 Å². The Morgan fingerprint density at radius 3 is 2.32 bits per heavy atom. The lowest BCUT2D eigenvalue weighted by molar-refractivity contribution is 0.183. The van der Waals surface area contributed by atoms with Crippen LogP contribution in [0.3, 0.4) is 0 Å². The lowest BCUT2D eigenvalue weighted by Gasteiger charge is -2.26. The molecule has 2 heterocycles. The summed E-state index contributed by atoms with van der Waals surface area (Å²) in [6.07, 6.45) is 3.90. The predicted octanol–water partition coefficient (Wildman–Crippen LogP) is 6.44. The van der Waals surface area contributed by atoms with Gasteiger partial charge in [-0.1, -0.05) is 25.1 Å². The molecular weight excluding hydrogens is 426 g/mol. The van der Waals surface area contributed by atoms with E-state index in [1.54, 1.807) is 24.3 Å². The molecule has 0 aliphatic carbocycles. The maximum atomic E-state index is 9.95. The lowest BCUT2D eigenvalue weighted by Crippen LogP contribution is -2.33. The Hall–Kier alpha value is -3.70. The maximum absolute atomic E-state index is 9.95. The molecule has 4 aromatic rings. The second kappa shape index (κ2) is 9.65. The fourth-order valence-corrected chi connectivity index (χ4v) is 4.57. The third-order valence-electron chi connectivity index (χ3n) is 6.43. The van der Waals surface area contributed by atoms with Crippen LogP contribution in [0.25, 0.3) is 27.9 Å². The number of piperidine rings is 1. The topological polar surface area (TPSA) is 66.1 Å². The molecule has 2 N–H and O–H groups in total. The van der Waals surface area contributed by atoms with Gasteiger partial charge in [-0.05, 0) is 85.6 Å². The summed E-state index contributed by atoms with van der Waals surface area (Å²) in [5, 5.41) is 20.5. The number of phenolic OH excluding ortho intramolecular Hbond substituents is 2. The van der Waals surface area contributed by atoms with E-state index in [9.17, 15) is 10.2 Å². The Balaban J connectivity index is 1.39. The summed E-state index contributed by atoms with van der Waals surface area (Å²) < 4.78 is 12.1. The fourth-order valence-electron chi connectivity index (χ4n) is 4.57. The largest absolute Gasteiger partial charge is 0.508 e. The van der Waals surface area contributed by atoms with E-state index in [0.717, 1.165) is 39.9 Å². The Morgan fingerprint density at radius 1 is 0.882 bits per heavy atom. The van der Waals surface area contributed by atoms with Crippen LogP contribution < -0.4 is 4.74 Å². The van der Waals surface area contributed by atoms with Gasteiger partial charge in [0.15, 0.2) is 0 Å². The van der Waals surface area contributed by atoms with Crippen LogP contribution in [0.15, 0.2) is 77.7 Å². The number of phenols is 2. The van der Waals surface area contributed by atoms with Gasteiger partial charge in [0, 0.05) is 29.1 Å². The summed E-state index contributed by atoms with van der Waals surface area (Å²) in [7, 11) is 0. The first kappa shape index (κ1) is 22.1. The van der Waals surface area contributed by atoms with Gasteiger partial charge in [-0.2, -0.15) is 0 Å². The monoisotopic (exact) mass is 455 g/mol. The van der Waals surface area contributed by atoms with Crippen LogP contribution in [0.2, 0.25) is 0 Å². The van der Waals surface area contributed by atoms with E-state index in [2.05, 4.69) is 11.5 Å². The molecule has 0 unspecified atom stereocenters. The maximum Gasteiger partial charge on any atom is 0.143 e. The Bertz CT molecular complexity index is 1280. The highest BCUT2D eigenvalue weighted by Gasteiger charge is 2.20. The number of hydrogen-bond acceptors (Lipinski definition) is 5. The van der Waals surface area contributed by atoms with Gasteiger partial charge in [0.2, 0.25) is 0 Å². The van der Waals surface area contributed by atoms with Crippen molar-refractivity contribution in [1.82, 2.24) is 4.90 Å². The molecular formula is C29H29NO4. The number of fused-ring (bicyclic) bond motifs is 1. The average molecular weight is 456 g/mol. The standard InChI is InChI=1S/C29H29NO4/c1-20(21-7-12-25(13-8-21)33-18-17-30-15-3-2-4-16-30)28-26-14-11-24(32)19-27(26)34-29(28)22-5-9-23(31)10-6-22/h5-14,19,31-32H,1-4,15-18H2. The number of benzene rings is 3. The number of likely N-dealkylation sites (tertiary alicyclic amines) is 1. The van der Waals surface area contributed by atoms with Gasteiger partial charge in [0.25, 0.3) is 0 Å². The summed E-state index contributed by atoms with van der Waals surface area (Å²) in [5.41, 5.74) is 4.03. The molecule has 1 fully saturated rings. The van der Waals surface area contributed by atoms with Gasteiger partial charge in [0.1, 0.15) is 35.2 Å². The van der Waals surface area contributed by atoms with Crippen molar-refractivity contribution < 1.29 is 19.4 Å². The SMILES string of the molecule is C=C(c1ccc(OCCN2CCCCC2)cc1)c1c(-c2ccc(O)cc2)oc2cc(O)ccc12. The smallest absolute Gasteiger partial charge is 0.143 e. The zero-order chi connectivity index (χ0) is 23.5. The molecule has 1 saturated heterocycles. The van der Waals surface area contributed by atoms with Crippen molar-refractivity contribution in [3.8, 4) is 28.6 Å². The van der Waals surface area contributed by atoms with E-state index >= 15 is 0 Å².